The van der Waals surface area contributed by atoms with Gasteiger partial charge in [0.05, 0.1) is 10.9 Å². The first kappa shape index (κ1) is 23.5. The molecule has 8 heteroatoms. The summed E-state index contributed by atoms with van der Waals surface area (Å²) in [5.41, 5.74) is 4.89. The van der Waals surface area contributed by atoms with Crippen LogP contribution in [0.1, 0.15) is 79.6 Å². The van der Waals surface area contributed by atoms with Crippen LogP contribution in [-0.4, -0.2) is 42.2 Å². The molecule has 36 heavy (non-hydrogen) atoms. The molecule has 1 aromatic carbocycles. The van der Waals surface area contributed by atoms with Gasteiger partial charge in [0.1, 0.15) is 5.82 Å². The van der Waals surface area contributed by atoms with Crippen molar-refractivity contribution in [2.75, 3.05) is 18.0 Å². The highest BCUT2D eigenvalue weighted by Gasteiger charge is 2.37. The van der Waals surface area contributed by atoms with Crippen LogP contribution in [0.3, 0.4) is 0 Å². The predicted octanol–water partition coefficient (Wildman–Crippen LogP) is 5.11. The smallest absolute Gasteiger partial charge is 0.264 e. The number of hydrogen-bond acceptors (Lipinski definition) is 5. The molecule has 2 saturated carbocycles. The third kappa shape index (κ3) is 4.29. The number of amides is 1. The van der Waals surface area contributed by atoms with Gasteiger partial charge in [-0.3, -0.25) is 4.79 Å². The average Bonchev–Trinajstić information content (AvgIpc) is 3.55. The van der Waals surface area contributed by atoms with Crippen molar-refractivity contribution in [3.05, 3.63) is 47.7 Å². The number of nitrogens with one attached hydrogen (secondary N) is 1. The second kappa shape index (κ2) is 9.21. The van der Waals surface area contributed by atoms with Crippen molar-refractivity contribution in [1.82, 2.24) is 14.3 Å². The highest BCUT2D eigenvalue weighted by Crippen LogP contribution is 2.44. The van der Waals surface area contributed by atoms with E-state index in [0.29, 0.717) is 24.3 Å². The number of hydrogen-bond donors (Lipinski definition) is 1. The van der Waals surface area contributed by atoms with Crippen LogP contribution in [0.5, 0.6) is 0 Å². The SMILES string of the molecule is Cn1c(-c2ccc(N3CCCC3)nc2)c(C2CCCCC2)c2ccc(C(=O)NS(=O)(=O)C3CC3)cc21. The van der Waals surface area contributed by atoms with Gasteiger partial charge in [-0.05, 0) is 74.3 Å². The lowest BCUT2D eigenvalue weighted by atomic mass is 9.82. The van der Waals surface area contributed by atoms with Crippen molar-refractivity contribution < 1.29 is 13.2 Å². The van der Waals surface area contributed by atoms with E-state index in [9.17, 15) is 13.2 Å². The Hall–Kier alpha value is -2.87. The maximum absolute atomic E-state index is 12.9. The highest BCUT2D eigenvalue weighted by atomic mass is 32.2. The summed E-state index contributed by atoms with van der Waals surface area (Å²) in [7, 11) is -1.55. The molecule has 1 aliphatic heterocycles. The Bertz CT molecular complexity index is 1390. The number of sulfonamides is 1. The number of aromatic nitrogens is 2. The standard InChI is InChI=1S/C28H34N4O3S/c1-31-24-17-20(28(33)30-36(34,35)22-11-12-22)9-13-23(24)26(19-7-3-2-4-8-19)27(31)21-10-14-25(29-18-21)32-15-5-6-16-32/h9-10,13-14,17-19,22H,2-8,11-12,15-16H2,1H3,(H,30,33). The summed E-state index contributed by atoms with van der Waals surface area (Å²) in [6.45, 7) is 2.13. The molecule has 190 valence electrons. The van der Waals surface area contributed by atoms with Gasteiger partial charge in [0.25, 0.3) is 5.91 Å². The Morgan fingerprint density at radius 2 is 1.72 bits per heavy atom. The Morgan fingerprint density at radius 3 is 2.39 bits per heavy atom. The molecule has 1 amide bonds. The van der Waals surface area contributed by atoms with E-state index >= 15 is 0 Å². The van der Waals surface area contributed by atoms with Gasteiger partial charge in [0.2, 0.25) is 10.0 Å². The van der Waals surface area contributed by atoms with E-state index in [0.717, 1.165) is 53.9 Å². The largest absolute Gasteiger partial charge is 0.357 e. The van der Waals surface area contributed by atoms with Crippen LogP contribution in [0.2, 0.25) is 0 Å². The zero-order valence-electron chi connectivity index (χ0n) is 20.9. The van der Waals surface area contributed by atoms with E-state index in [1.165, 1.54) is 37.7 Å². The molecule has 3 aliphatic rings. The minimum absolute atomic E-state index is 0.372. The van der Waals surface area contributed by atoms with Crippen LogP contribution in [0.4, 0.5) is 5.82 Å². The lowest BCUT2D eigenvalue weighted by Gasteiger charge is -2.23. The first-order valence-corrected chi connectivity index (χ1v) is 14.9. The summed E-state index contributed by atoms with van der Waals surface area (Å²) >= 11 is 0. The number of carbonyl (C=O) groups excluding carboxylic acids is 1. The second-order valence-electron chi connectivity index (χ2n) is 10.7. The van der Waals surface area contributed by atoms with Crippen LogP contribution < -0.4 is 9.62 Å². The van der Waals surface area contributed by atoms with Crippen molar-refractivity contribution in [1.29, 1.82) is 0 Å². The molecular weight excluding hydrogens is 472 g/mol. The zero-order valence-corrected chi connectivity index (χ0v) is 21.7. The molecule has 0 atom stereocenters. The van der Waals surface area contributed by atoms with Crippen LogP contribution in [0.15, 0.2) is 36.5 Å². The summed E-state index contributed by atoms with van der Waals surface area (Å²) in [6, 6.07) is 9.93. The summed E-state index contributed by atoms with van der Waals surface area (Å²) < 4.78 is 29.1. The molecular formula is C28H34N4O3S. The first-order chi connectivity index (χ1) is 17.4. The molecule has 3 aromatic rings. The predicted molar refractivity (Wildman–Crippen MR) is 143 cm³/mol. The molecule has 7 nitrogen and oxygen atoms in total. The van der Waals surface area contributed by atoms with E-state index in [1.807, 2.05) is 25.4 Å². The first-order valence-electron chi connectivity index (χ1n) is 13.3. The van der Waals surface area contributed by atoms with Gasteiger partial charge >= 0.3 is 0 Å². The minimum Gasteiger partial charge on any atom is -0.357 e. The maximum atomic E-state index is 12.9. The molecule has 0 spiro atoms. The number of anilines is 1. The van der Waals surface area contributed by atoms with E-state index in [1.54, 1.807) is 6.07 Å². The molecule has 2 aliphatic carbocycles. The molecule has 0 unspecified atom stereocenters. The van der Waals surface area contributed by atoms with Crippen molar-refractivity contribution in [3.63, 3.8) is 0 Å². The fraction of sp³-hybridized carbons (Fsp3) is 0.500. The van der Waals surface area contributed by atoms with Crippen molar-refractivity contribution in [2.45, 2.75) is 69.0 Å². The number of carbonyl (C=O) groups is 1. The van der Waals surface area contributed by atoms with Crippen LogP contribution in [0, 0.1) is 0 Å². The number of pyridine rings is 1. The fourth-order valence-corrected chi connectivity index (χ4v) is 7.37. The zero-order chi connectivity index (χ0) is 24.9. The number of fused-ring (bicyclic) bond motifs is 1. The van der Waals surface area contributed by atoms with Gasteiger partial charge < -0.3 is 9.47 Å². The van der Waals surface area contributed by atoms with E-state index < -0.39 is 21.2 Å². The van der Waals surface area contributed by atoms with Gasteiger partial charge in [0.15, 0.2) is 0 Å². The third-order valence-corrected chi connectivity index (χ3v) is 9.98. The normalized spacial score (nSPS) is 19.2. The maximum Gasteiger partial charge on any atom is 0.264 e. The monoisotopic (exact) mass is 506 g/mol. The van der Waals surface area contributed by atoms with E-state index in [-0.39, 0.29) is 0 Å². The Kier molecular flexibility index (Phi) is 6.02. The molecule has 1 N–H and O–H groups in total. The van der Waals surface area contributed by atoms with Gasteiger partial charge in [0, 0.05) is 48.4 Å². The summed E-state index contributed by atoms with van der Waals surface area (Å²) in [6.07, 6.45) is 11.7. The quantitative estimate of drug-likeness (QED) is 0.502. The summed E-state index contributed by atoms with van der Waals surface area (Å²) in [5.74, 6) is 0.943. The Balaban J connectivity index is 1.41. The number of aryl methyl sites for hydroxylation is 1. The van der Waals surface area contributed by atoms with Crippen molar-refractivity contribution >= 4 is 32.7 Å². The minimum atomic E-state index is -3.59. The van der Waals surface area contributed by atoms with E-state index in [4.69, 9.17) is 4.98 Å². The van der Waals surface area contributed by atoms with Crippen LogP contribution >= 0.6 is 0 Å². The molecule has 3 heterocycles. The summed E-state index contributed by atoms with van der Waals surface area (Å²) in [5, 5.41) is 0.713. The molecule has 0 bridgehead atoms. The van der Waals surface area contributed by atoms with Gasteiger partial charge in [-0.1, -0.05) is 25.3 Å². The van der Waals surface area contributed by atoms with Crippen molar-refractivity contribution in [2.24, 2.45) is 7.05 Å². The van der Waals surface area contributed by atoms with Gasteiger partial charge in [-0.2, -0.15) is 0 Å². The Morgan fingerprint density at radius 1 is 0.972 bits per heavy atom. The van der Waals surface area contributed by atoms with E-state index in [2.05, 4.69) is 26.3 Å². The third-order valence-electron chi connectivity index (χ3n) is 8.16. The van der Waals surface area contributed by atoms with Crippen molar-refractivity contribution in [3.8, 4) is 11.3 Å². The average molecular weight is 507 g/mol. The molecule has 2 aromatic heterocycles. The van der Waals surface area contributed by atoms with Crippen LogP contribution in [0.25, 0.3) is 22.2 Å². The topological polar surface area (TPSA) is 84.3 Å². The lowest BCUT2D eigenvalue weighted by Crippen LogP contribution is -2.33. The Labute approximate surface area is 212 Å². The molecule has 3 fully saturated rings. The van der Waals surface area contributed by atoms with Gasteiger partial charge in [-0.25, -0.2) is 18.1 Å². The second-order valence-corrected chi connectivity index (χ2v) is 12.6. The lowest BCUT2D eigenvalue weighted by molar-refractivity contribution is 0.0981. The molecule has 0 radical (unpaired) electrons. The summed E-state index contributed by atoms with van der Waals surface area (Å²) in [4.78, 5) is 20.0. The number of nitrogens with zero attached hydrogens (tertiary/aromatic N) is 3. The fourth-order valence-electron chi connectivity index (χ4n) is 6.07. The molecule has 1 saturated heterocycles. The number of rotatable bonds is 6. The van der Waals surface area contributed by atoms with Crippen LogP contribution in [-0.2, 0) is 17.1 Å². The highest BCUT2D eigenvalue weighted by molar-refractivity contribution is 7.91. The molecule has 6 rings (SSSR count). The van der Waals surface area contributed by atoms with Gasteiger partial charge in [-0.15, -0.1) is 0 Å². The number of benzene rings is 1.